The second-order valence-electron chi connectivity index (χ2n) is 10.5. The van der Waals surface area contributed by atoms with Crippen LogP contribution in [-0.4, -0.2) is 48.3 Å². The molecule has 7 nitrogen and oxygen atoms in total. The van der Waals surface area contributed by atoms with Crippen LogP contribution in [0.2, 0.25) is 0 Å². The molecule has 0 bridgehead atoms. The van der Waals surface area contributed by atoms with Gasteiger partial charge in [0.25, 0.3) is 0 Å². The van der Waals surface area contributed by atoms with Crippen LogP contribution in [0, 0.1) is 5.92 Å². The highest BCUT2D eigenvalue weighted by Crippen LogP contribution is 3.02. The largest absolute Gasteiger partial charge is 0.467 e. The summed E-state index contributed by atoms with van der Waals surface area (Å²) in [6.07, 6.45) is 10.3. The lowest BCUT2D eigenvalue weighted by Crippen LogP contribution is -2.45. The van der Waals surface area contributed by atoms with Gasteiger partial charge in [-0.05, 0) is 63.2 Å². The van der Waals surface area contributed by atoms with Crippen molar-refractivity contribution in [2.45, 2.75) is 57.0 Å². The zero-order valence-electron chi connectivity index (χ0n) is 21.4. The lowest BCUT2D eigenvalue weighted by atomic mass is 9.87. The number of hydrogen-bond acceptors (Lipinski definition) is 6. The molecule has 2 aliphatic heterocycles. The maximum Gasteiger partial charge on any atom is 0.332 e. The molecule has 1 aromatic carbocycles. The number of fused-ring (bicyclic) bond motifs is 1. The van der Waals surface area contributed by atoms with E-state index in [1.165, 1.54) is 6.07 Å². The van der Waals surface area contributed by atoms with Crippen LogP contribution in [0.1, 0.15) is 51.0 Å². The maximum atomic E-state index is 14.4. The molecule has 0 radical (unpaired) electrons. The number of methoxy groups -OCH3 is 1. The summed E-state index contributed by atoms with van der Waals surface area (Å²) < 4.78 is 78.6. The molecule has 1 aromatic heterocycles. The van der Waals surface area contributed by atoms with Gasteiger partial charge >= 0.3 is 16.2 Å². The molecule has 2 aromatic rings. The lowest BCUT2D eigenvalue weighted by molar-refractivity contribution is -0.140. The number of aldehydes is 1. The third-order valence-corrected chi connectivity index (χ3v) is 8.89. The minimum absolute atomic E-state index is 0.00288. The first-order chi connectivity index (χ1) is 18.3. The Kier molecular flexibility index (Phi) is 6.51. The van der Waals surface area contributed by atoms with E-state index < -0.39 is 27.3 Å². The molecule has 214 valence electrons. The zero-order chi connectivity index (χ0) is 28.1. The van der Waals surface area contributed by atoms with Gasteiger partial charge in [0.15, 0.2) is 11.1 Å². The minimum Gasteiger partial charge on any atom is -0.467 e. The molecular formula is C26H31F5N4O3S. The Morgan fingerprint density at radius 3 is 2.33 bits per heavy atom. The molecule has 1 saturated carbocycles. The molecule has 5 rings (SSSR count). The van der Waals surface area contributed by atoms with E-state index in [9.17, 15) is 29.0 Å². The number of ether oxygens (including phenoxy) is 1. The van der Waals surface area contributed by atoms with Crippen LogP contribution in [-0.2, 0) is 14.3 Å². The van der Waals surface area contributed by atoms with Crippen LogP contribution >= 0.6 is 10.2 Å². The molecule has 39 heavy (non-hydrogen) atoms. The summed E-state index contributed by atoms with van der Waals surface area (Å²) in [5, 5.41) is 2.99. The Labute approximate surface area is 223 Å². The van der Waals surface area contributed by atoms with Gasteiger partial charge in [0.05, 0.1) is 30.0 Å². The molecule has 1 saturated heterocycles. The van der Waals surface area contributed by atoms with E-state index in [1.807, 2.05) is 4.90 Å². The van der Waals surface area contributed by atoms with Crippen molar-refractivity contribution in [2.75, 3.05) is 30.0 Å². The van der Waals surface area contributed by atoms with Crippen molar-refractivity contribution in [3.8, 4) is 0 Å². The fraction of sp³-hybridized carbons (Fsp3) is 0.500. The van der Waals surface area contributed by atoms with Gasteiger partial charge in [0.1, 0.15) is 6.29 Å². The van der Waals surface area contributed by atoms with Gasteiger partial charge in [-0.3, -0.25) is 4.68 Å². The topological polar surface area (TPSA) is 67.7 Å². The molecule has 1 atom stereocenters. The van der Waals surface area contributed by atoms with Gasteiger partial charge in [0, 0.05) is 30.6 Å². The Morgan fingerprint density at radius 1 is 1.03 bits per heavy atom. The second kappa shape index (κ2) is 9.24. The summed E-state index contributed by atoms with van der Waals surface area (Å²) in [5.41, 5.74) is 0.652. The van der Waals surface area contributed by atoms with E-state index >= 15 is 0 Å². The standard InChI is InChI=1S/C26H31F5N4O3S/c1-38-26(37)22-6-5-7-25(39(27,28,29,30)31)35(22)24-14-19-16-34(20-10-8-18(17-36)9-11-20)32-21(19)15-23(24)33-12-3-2-4-13-33/h5-7,14-18,20,22H,2-4,8-13H2,1H3. The molecular weight excluding hydrogens is 543 g/mol. The Balaban J connectivity index is 1.67. The van der Waals surface area contributed by atoms with Gasteiger partial charge in [0.2, 0.25) is 0 Å². The van der Waals surface area contributed by atoms with E-state index in [1.54, 1.807) is 16.9 Å². The Morgan fingerprint density at radius 2 is 1.72 bits per heavy atom. The average molecular weight is 575 g/mol. The lowest BCUT2D eigenvalue weighted by Gasteiger charge is -2.49. The van der Waals surface area contributed by atoms with Gasteiger partial charge in [-0.15, -0.1) is 0 Å². The van der Waals surface area contributed by atoms with Gasteiger partial charge in [-0.25, -0.2) is 4.79 Å². The summed E-state index contributed by atoms with van der Waals surface area (Å²) >= 11 is 0. The molecule has 1 aliphatic carbocycles. The number of esters is 1. The highest BCUT2D eigenvalue weighted by Gasteiger charge is 2.70. The smallest absolute Gasteiger partial charge is 0.332 e. The van der Waals surface area contributed by atoms with E-state index in [0.717, 1.165) is 57.7 Å². The third kappa shape index (κ3) is 5.50. The van der Waals surface area contributed by atoms with Crippen molar-refractivity contribution in [1.29, 1.82) is 0 Å². The number of carbonyl (C=O) groups excluding carboxylic acids is 2. The highest BCUT2D eigenvalue weighted by molar-refractivity contribution is 8.48. The Hall–Kier alpha value is -3.09. The fourth-order valence-corrected chi connectivity index (χ4v) is 6.69. The van der Waals surface area contributed by atoms with Gasteiger partial charge in [-0.2, -0.15) is 5.10 Å². The van der Waals surface area contributed by atoms with Crippen molar-refractivity contribution in [2.24, 2.45) is 5.92 Å². The first-order valence-electron chi connectivity index (χ1n) is 13.0. The number of piperidine rings is 1. The van der Waals surface area contributed by atoms with E-state index in [2.05, 4.69) is 0 Å². The van der Waals surface area contributed by atoms with E-state index in [0.29, 0.717) is 53.5 Å². The predicted molar refractivity (Wildman–Crippen MR) is 141 cm³/mol. The minimum atomic E-state index is -10.3. The molecule has 13 heteroatoms. The first-order valence-corrected chi connectivity index (χ1v) is 15.0. The summed E-state index contributed by atoms with van der Waals surface area (Å²) in [5.74, 6) is -1.09. The maximum absolute atomic E-state index is 14.4. The summed E-state index contributed by atoms with van der Waals surface area (Å²) in [6, 6.07) is 1.30. The molecule has 1 unspecified atom stereocenters. The quantitative estimate of drug-likeness (QED) is 0.210. The number of nitrogens with zero attached hydrogens (tertiary/aromatic N) is 4. The normalized spacial score (nSPS) is 26.1. The van der Waals surface area contributed by atoms with Crippen LogP contribution in [0.15, 0.2) is 41.6 Å². The average Bonchev–Trinajstić information content (AvgIpc) is 3.34. The van der Waals surface area contributed by atoms with Crippen molar-refractivity contribution in [1.82, 2.24) is 9.78 Å². The zero-order valence-corrected chi connectivity index (χ0v) is 22.3. The van der Waals surface area contributed by atoms with Crippen LogP contribution < -0.4 is 9.80 Å². The number of allylic oxidation sites excluding steroid dienone is 2. The van der Waals surface area contributed by atoms with Crippen LogP contribution in [0.3, 0.4) is 0 Å². The van der Waals surface area contributed by atoms with Gasteiger partial charge < -0.3 is 19.3 Å². The number of carbonyl (C=O) groups is 2. The van der Waals surface area contributed by atoms with Crippen molar-refractivity contribution in [3.05, 3.63) is 41.6 Å². The van der Waals surface area contributed by atoms with E-state index in [-0.39, 0.29) is 17.6 Å². The number of aromatic nitrogens is 2. The number of rotatable bonds is 6. The summed E-state index contributed by atoms with van der Waals surface area (Å²) in [7, 11) is -9.25. The van der Waals surface area contributed by atoms with Gasteiger partial charge in [-0.1, -0.05) is 31.6 Å². The number of benzene rings is 1. The summed E-state index contributed by atoms with van der Waals surface area (Å²) in [6.45, 7) is 1.05. The predicted octanol–water partition coefficient (Wildman–Crippen LogP) is 7.01. The molecule has 0 amide bonds. The Bertz CT molecular complexity index is 1340. The molecule has 0 spiro atoms. The molecule has 3 aliphatic rings. The van der Waals surface area contributed by atoms with Crippen LogP contribution in [0.25, 0.3) is 10.9 Å². The first kappa shape index (κ1) is 27.5. The number of halogens is 5. The highest BCUT2D eigenvalue weighted by atomic mass is 32.5. The molecule has 2 fully saturated rings. The second-order valence-corrected chi connectivity index (χ2v) is 12.8. The monoisotopic (exact) mass is 574 g/mol. The third-order valence-electron chi connectivity index (χ3n) is 7.77. The fourth-order valence-electron chi connectivity index (χ4n) is 5.77. The molecule has 0 N–H and O–H groups in total. The van der Waals surface area contributed by atoms with Crippen LogP contribution in [0.4, 0.5) is 30.8 Å². The van der Waals surface area contributed by atoms with Crippen LogP contribution in [0.5, 0.6) is 0 Å². The van der Waals surface area contributed by atoms with Crippen molar-refractivity contribution < 1.29 is 33.8 Å². The molecule has 3 heterocycles. The SMILES string of the molecule is COC(=O)C1C=CC=C(S(F)(F)(F)(F)F)N1c1cc2cn(C3CCC(C=O)CC3)nc2cc1N1CCCCC1. The number of anilines is 2. The summed E-state index contributed by atoms with van der Waals surface area (Å²) in [4.78, 5) is 26.0. The van der Waals surface area contributed by atoms with Crippen molar-refractivity contribution >= 4 is 44.8 Å². The van der Waals surface area contributed by atoms with Crippen molar-refractivity contribution in [3.63, 3.8) is 0 Å². The number of hydrogen-bond donors (Lipinski definition) is 0. The van der Waals surface area contributed by atoms with E-state index in [4.69, 9.17) is 9.84 Å².